The van der Waals surface area contributed by atoms with Gasteiger partial charge in [-0.05, 0) is 41.5 Å². The van der Waals surface area contributed by atoms with Crippen LogP contribution < -0.4 is 5.32 Å². The normalized spacial score (nSPS) is 11.4. The van der Waals surface area contributed by atoms with Crippen molar-refractivity contribution in [3.63, 3.8) is 0 Å². The van der Waals surface area contributed by atoms with Crippen molar-refractivity contribution >= 4 is 18.0 Å². The number of amides is 1. The molecule has 1 amide bonds. The Balaban J connectivity index is 1.75. The number of halogens is 4. The molecule has 0 aliphatic rings. The molecule has 2 rings (SSSR count). The molecule has 0 fully saturated rings. The summed E-state index contributed by atoms with van der Waals surface area (Å²) in [7, 11) is 0. The molecule has 27 heavy (non-hydrogen) atoms. The first-order chi connectivity index (χ1) is 12.7. The van der Waals surface area contributed by atoms with Gasteiger partial charge in [0.25, 0.3) is 5.91 Å². The standard InChI is InChI=1S/C19H15F4NO3/c20-16-8-3-14(4-9-16)11-24-17(25)12-27-18(26)10-5-13-1-6-15(7-2-13)19(21,22)23/h1-10H,11-12H2,(H,24,25)/b10-5+. The van der Waals surface area contributed by atoms with Crippen molar-refractivity contribution in [1.82, 2.24) is 5.32 Å². The van der Waals surface area contributed by atoms with E-state index in [0.29, 0.717) is 11.1 Å². The van der Waals surface area contributed by atoms with Crippen molar-refractivity contribution < 1.29 is 31.9 Å². The van der Waals surface area contributed by atoms with Crippen molar-refractivity contribution in [1.29, 1.82) is 0 Å². The highest BCUT2D eigenvalue weighted by molar-refractivity contribution is 5.89. The van der Waals surface area contributed by atoms with Gasteiger partial charge in [0.1, 0.15) is 5.82 Å². The third kappa shape index (κ3) is 6.93. The summed E-state index contributed by atoms with van der Waals surface area (Å²) < 4.78 is 54.9. The third-order valence-corrected chi connectivity index (χ3v) is 3.40. The van der Waals surface area contributed by atoms with Crippen molar-refractivity contribution in [3.8, 4) is 0 Å². The predicted molar refractivity (Wildman–Crippen MR) is 89.7 cm³/mol. The minimum absolute atomic E-state index is 0.151. The zero-order chi connectivity index (χ0) is 19.9. The van der Waals surface area contributed by atoms with Gasteiger partial charge in [0.15, 0.2) is 6.61 Å². The molecule has 4 nitrogen and oxygen atoms in total. The molecule has 0 saturated heterocycles. The number of alkyl halides is 3. The van der Waals surface area contributed by atoms with E-state index in [1.54, 1.807) is 0 Å². The van der Waals surface area contributed by atoms with Crippen LogP contribution in [-0.2, 0) is 27.0 Å². The fourth-order valence-electron chi connectivity index (χ4n) is 1.99. The SMILES string of the molecule is O=C(COC(=O)/C=C/c1ccc(C(F)(F)F)cc1)NCc1ccc(F)cc1. The Morgan fingerprint density at radius 2 is 1.63 bits per heavy atom. The monoisotopic (exact) mass is 381 g/mol. The molecular formula is C19H15F4NO3. The second kappa shape index (κ2) is 8.98. The van der Waals surface area contributed by atoms with Crippen LogP contribution in [0.3, 0.4) is 0 Å². The molecule has 0 unspecified atom stereocenters. The third-order valence-electron chi connectivity index (χ3n) is 3.40. The van der Waals surface area contributed by atoms with Gasteiger partial charge in [0.05, 0.1) is 5.56 Å². The van der Waals surface area contributed by atoms with Crippen LogP contribution in [0.5, 0.6) is 0 Å². The van der Waals surface area contributed by atoms with Crippen LogP contribution in [0.1, 0.15) is 16.7 Å². The first-order valence-corrected chi connectivity index (χ1v) is 7.77. The lowest BCUT2D eigenvalue weighted by Crippen LogP contribution is -2.28. The second-order valence-corrected chi connectivity index (χ2v) is 5.46. The van der Waals surface area contributed by atoms with Crippen LogP contribution in [0.2, 0.25) is 0 Å². The Bertz CT molecular complexity index is 812. The van der Waals surface area contributed by atoms with E-state index >= 15 is 0 Å². The summed E-state index contributed by atoms with van der Waals surface area (Å²) in [6.45, 7) is -0.366. The van der Waals surface area contributed by atoms with Crippen molar-refractivity contribution in [2.75, 3.05) is 6.61 Å². The van der Waals surface area contributed by atoms with Gasteiger partial charge in [-0.15, -0.1) is 0 Å². The van der Waals surface area contributed by atoms with Gasteiger partial charge in [-0.1, -0.05) is 24.3 Å². The van der Waals surface area contributed by atoms with E-state index in [0.717, 1.165) is 18.2 Å². The fourth-order valence-corrected chi connectivity index (χ4v) is 1.99. The quantitative estimate of drug-likeness (QED) is 0.471. The summed E-state index contributed by atoms with van der Waals surface area (Å²) in [5.41, 5.74) is 0.263. The zero-order valence-corrected chi connectivity index (χ0v) is 13.9. The lowest BCUT2D eigenvalue weighted by Gasteiger charge is -2.06. The van der Waals surface area contributed by atoms with E-state index in [2.05, 4.69) is 5.32 Å². The summed E-state index contributed by atoms with van der Waals surface area (Å²) in [6.07, 6.45) is -2.14. The van der Waals surface area contributed by atoms with Gasteiger partial charge >= 0.3 is 12.1 Å². The molecule has 2 aromatic carbocycles. The lowest BCUT2D eigenvalue weighted by atomic mass is 10.1. The maximum absolute atomic E-state index is 12.8. The fraction of sp³-hybridized carbons (Fsp3) is 0.158. The first-order valence-electron chi connectivity index (χ1n) is 7.77. The van der Waals surface area contributed by atoms with E-state index in [4.69, 9.17) is 4.74 Å². The largest absolute Gasteiger partial charge is 0.452 e. The minimum atomic E-state index is -4.43. The van der Waals surface area contributed by atoms with Gasteiger partial charge < -0.3 is 10.1 Å². The Labute approximate surface area is 152 Å². The smallest absolute Gasteiger partial charge is 0.416 e. The van der Waals surface area contributed by atoms with Gasteiger partial charge in [0, 0.05) is 12.6 Å². The highest BCUT2D eigenvalue weighted by Gasteiger charge is 2.29. The van der Waals surface area contributed by atoms with Crippen molar-refractivity contribution in [2.45, 2.75) is 12.7 Å². The number of carbonyl (C=O) groups is 2. The average Bonchev–Trinajstić information content (AvgIpc) is 2.64. The molecule has 142 valence electrons. The zero-order valence-electron chi connectivity index (χ0n) is 13.9. The summed E-state index contributed by atoms with van der Waals surface area (Å²) in [4.78, 5) is 23.1. The van der Waals surface area contributed by atoms with Gasteiger partial charge in [-0.3, -0.25) is 4.79 Å². The number of carbonyl (C=O) groups excluding carboxylic acids is 2. The van der Waals surface area contributed by atoms with E-state index in [9.17, 15) is 27.2 Å². The predicted octanol–water partition coefficient (Wildman–Crippen LogP) is 3.72. The molecular weight excluding hydrogens is 366 g/mol. The van der Waals surface area contributed by atoms with E-state index in [-0.39, 0.29) is 12.4 Å². The maximum atomic E-state index is 12.8. The van der Waals surface area contributed by atoms with Crippen LogP contribution in [0.15, 0.2) is 54.6 Å². The Kier molecular flexibility index (Phi) is 6.70. The molecule has 8 heteroatoms. The molecule has 0 spiro atoms. The molecule has 0 atom stereocenters. The van der Waals surface area contributed by atoms with Crippen molar-refractivity contribution in [3.05, 3.63) is 77.1 Å². The number of esters is 1. The van der Waals surface area contributed by atoms with Gasteiger partial charge in [-0.25, -0.2) is 9.18 Å². The minimum Gasteiger partial charge on any atom is -0.452 e. The molecule has 0 aliphatic carbocycles. The number of hydrogen-bond acceptors (Lipinski definition) is 3. The van der Waals surface area contributed by atoms with E-state index < -0.39 is 30.2 Å². The molecule has 0 radical (unpaired) electrons. The van der Waals surface area contributed by atoms with Gasteiger partial charge in [-0.2, -0.15) is 13.2 Å². The number of benzene rings is 2. The number of ether oxygens (including phenoxy) is 1. The molecule has 0 saturated carbocycles. The second-order valence-electron chi connectivity index (χ2n) is 5.46. The van der Waals surface area contributed by atoms with E-state index in [1.807, 2.05) is 0 Å². The highest BCUT2D eigenvalue weighted by atomic mass is 19.4. The molecule has 1 N–H and O–H groups in total. The number of nitrogens with one attached hydrogen (secondary N) is 1. The Morgan fingerprint density at radius 1 is 1.00 bits per heavy atom. The maximum Gasteiger partial charge on any atom is 0.416 e. The number of rotatable bonds is 6. The lowest BCUT2D eigenvalue weighted by molar-refractivity contribution is -0.143. The Morgan fingerprint density at radius 3 is 2.22 bits per heavy atom. The molecule has 0 aromatic heterocycles. The number of hydrogen-bond donors (Lipinski definition) is 1. The van der Waals surface area contributed by atoms with Crippen LogP contribution >= 0.6 is 0 Å². The van der Waals surface area contributed by atoms with Crippen molar-refractivity contribution in [2.24, 2.45) is 0 Å². The summed E-state index contributed by atoms with van der Waals surface area (Å²) in [5.74, 6) is -1.75. The summed E-state index contributed by atoms with van der Waals surface area (Å²) >= 11 is 0. The first kappa shape index (κ1) is 20.2. The van der Waals surface area contributed by atoms with E-state index in [1.165, 1.54) is 42.5 Å². The van der Waals surface area contributed by atoms with Crippen LogP contribution in [0, 0.1) is 5.82 Å². The average molecular weight is 381 g/mol. The Hall–Kier alpha value is -3.16. The summed E-state index contributed by atoms with van der Waals surface area (Å²) in [6, 6.07) is 9.75. The van der Waals surface area contributed by atoms with Gasteiger partial charge in [0.2, 0.25) is 0 Å². The van der Waals surface area contributed by atoms with Crippen LogP contribution in [0.4, 0.5) is 17.6 Å². The topological polar surface area (TPSA) is 55.4 Å². The highest BCUT2D eigenvalue weighted by Crippen LogP contribution is 2.29. The van der Waals surface area contributed by atoms with Crippen LogP contribution in [0.25, 0.3) is 6.08 Å². The van der Waals surface area contributed by atoms with Crippen LogP contribution in [-0.4, -0.2) is 18.5 Å². The molecule has 0 aliphatic heterocycles. The molecule has 0 bridgehead atoms. The molecule has 0 heterocycles. The summed E-state index contributed by atoms with van der Waals surface area (Å²) in [5, 5.41) is 2.50. The molecule has 2 aromatic rings.